The highest BCUT2D eigenvalue weighted by Crippen LogP contribution is 2.39. The number of ketones is 1. The predicted octanol–water partition coefficient (Wildman–Crippen LogP) is 2.54. The number of aryl methyl sites for hydroxylation is 1. The van der Waals surface area contributed by atoms with Crippen molar-refractivity contribution in [3.05, 3.63) is 39.4 Å². The molecule has 0 unspecified atom stereocenters. The number of nitrogens with zero attached hydrogens (tertiary/aromatic N) is 5. The molecule has 1 aliphatic heterocycles. The number of Topliss-reactive ketones (excluding diaryl/α,β-unsaturated/α-hetero) is 1. The number of anilines is 1. The van der Waals surface area contributed by atoms with E-state index < -0.39 is 11.4 Å². The number of carbonyl (C=O) groups excluding carboxylic acids is 1. The number of hydrogen-bond donors (Lipinski definition) is 1. The van der Waals surface area contributed by atoms with Gasteiger partial charge < -0.3 is 10.0 Å². The van der Waals surface area contributed by atoms with Gasteiger partial charge in [0.1, 0.15) is 23.0 Å². The van der Waals surface area contributed by atoms with Gasteiger partial charge in [-0.2, -0.15) is 4.37 Å². The van der Waals surface area contributed by atoms with Gasteiger partial charge in [0.05, 0.1) is 11.3 Å². The maximum Gasteiger partial charge on any atom is 0.341 e. The molecule has 0 atom stereocenters. The standard InChI is InChI=1S/C21H21N5O4S/c1-3-14(27)12-7-25(8-12)15-6-10(2)16-17(28)13(20(29)30)9-26(19(16)22-15)21-23-18(24-31-21)11-4-5-11/h6,9,11-12H,3-5,7-8H2,1-2H3,(H,29,30). The zero-order chi connectivity index (χ0) is 21.9. The van der Waals surface area contributed by atoms with Crippen LogP contribution in [-0.4, -0.2) is 48.9 Å². The molecule has 1 saturated heterocycles. The molecule has 4 heterocycles. The van der Waals surface area contributed by atoms with Gasteiger partial charge in [0.15, 0.2) is 5.65 Å². The maximum absolute atomic E-state index is 12.9. The third kappa shape index (κ3) is 3.31. The van der Waals surface area contributed by atoms with Crippen LogP contribution in [0.15, 0.2) is 17.1 Å². The molecule has 31 heavy (non-hydrogen) atoms. The average molecular weight is 439 g/mol. The molecule has 5 rings (SSSR count). The fraction of sp³-hybridized carbons (Fsp3) is 0.429. The number of aromatic carboxylic acids is 1. The van der Waals surface area contributed by atoms with Crippen LogP contribution in [-0.2, 0) is 4.79 Å². The Morgan fingerprint density at radius 2 is 2.00 bits per heavy atom. The van der Waals surface area contributed by atoms with Crippen LogP contribution in [0.3, 0.4) is 0 Å². The van der Waals surface area contributed by atoms with Crippen molar-refractivity contribution >= 4 is 40.1 Å². The van der Waals surface area contributed by atoms with E-state index in [0.717, 1.165) is 18.7 Å². The monoisotopic (exact) mass is 439 g/mol. The van der Waals surface area contributed by atoms with Gasteiger partial charge in [-0.05, 0) is 31.4 Å². The predicted molar refractivity (Wildman–Crippen MR) is 115 cm³/mol. The van der Waals surface area contributed by atoms with Crippen molar-refractivity contribution in [2.75, 3.05) is 18.0 Å². The van der Waals surface area contributed by atoms with Gasteiger partial charge in [0, 0.05) is 43.2 Å². The molecule has 9 nitrogen and oxygen atoms in total. The van der Waals surface area contributed by atoms with Crippen LogP contribution < -0.4 is 10.3 Å². The summed E-state index contributed by atoms with van der Waals surface area (Å²) in [5.74, 6) is 0.712. The minimum absolute atomic E-state index is 0.00338. The first-order valence-corrected chi connectivity index (χ1v) is 11.1. The lowest BCUT2D eigenvalue weighted by Gasteiger charge is -2.39. The number of carbonyl (C=O) groups is 2. The smallest absolute Gasteiger partial charge is 0.341 e. The molecule has 0 bridgehead atoms. The van der Waals surface area contributed by atoms with E-state index >= 15 is 0 Å². The number of hydrogen-bond acceptors (Lipinski definition) is 8. The highest BCUT2D eigenvalue weighted by atomic mass is 32.1. The van der Waals surface area contributed by atoms with E-state index in [2.05, 4.69) is 9.36 Å². The summed E-state index contributed by atoms with van der Waals surface area (Å²) in [4.78, 5) is 47.9. The molecule has 0 amide bonds. The first kappa shape index (κ1) is 19.8. The first-order valence-electron chi connectivity index (χ1n) is 10.3. The summed E-state index contributed by atoms with van der Waals surface area (Å²) in [5.41, 5.74) is 0.101. The third-order valence-electron chi connectivity index (χ3n) is 5.96. The van der Waals surface area contributed by atoms with Crippen LogP contribution in [0.25, 0.3) is 16.2 Å². The molecule has 160 valence electrons. The summed E-state index contributed by atoms with van der Waals surface area (Å²) in [6.45, 7) is 4.81. The van der Waals surface area contributed by atoms with E-state index in [4.69, 9.17) is 4.98 Å². The highest BCUT2D eigenvalue weighted by Gasteiger charge is 2.33. The normalized spacial score (nSPS) is 16.5. The van der Waals surface area contributed by atoms with Crippen LogP contribution >= 0.6 is 11.5 Å². The maximum atomic E-state index is 12.9. The molecule has 0 radical (unpaired) electrons. The Balaban J connectivity index is 1.65. The second-order valence-corrected chi connectivity index (χ2v) is 8.90. The molecule has 2 fully saturated rings. The summed E-state index contributed by atoms with van der Waals surface area (Å²) in [7, 11) is 0. The van der Waals surface area contributed by atoms with Gasteiger partial charge in [-0.25, -0.2) is 14.8 Å². The van der Waals surface area contributed by atoms with Gasteiger partial charge >= 0.3 is 5.97 Å². The van der Waals surface area contributed by atoms with Crippen LogP contribution in [0, 0.1) is 12.8 Å². The second-order valence-electron chi connectivity index (χ2n) is 8.17. The Bertz CT molecular complexity index is 1290. The lowest BCUT2D eigenvalue weighted by Crippen LogP contribution is -2.50. The summed E-state index contributed by atoms with van der Waals surface area (Å²) in [6.07, 6.45) is 3.91. The number of carboxylic acid groups (broad SMARTS) is 1. The number of fused-ring (bicyclic) bond motifs is 1. The van der Waals surface area contributed by atoms with Crippen LogP contribution in [0.4, 0.5) is 5.82 Å². The quantitative estimate of drug-likeness (QED) is 0.622. The van der Waals surface area contributed by atoms with E-state index in [9.17, 15) is 19.5 Å². The fourth-order valence-corrected chi connectivity index (χ4v) is 4.65. The molecule has 0 spiro atoms. The lowest BCUT2D eigenvalue weighted by atomic mass is 9.93. The Hall–Kier alpha value is -3.14. The van der Waals surface area contributed by atoms with Crippen LogP contribution in [0.5, 0.6) is 0 Å². The van der Waals surface area contributed by atoms with Gasteiger partial charge in [-0.15, -0.1) is 0 Å². The molecule has 1 saturated carbocycles. The van der Waals surface area contributed by atoms with Crippen molar-refractivity contribution < 1.29 is 14.7 Å². The second kappa shape index (κ2) is 7.23. The van der Waals surface area contributed by atoms with Crippen molar-refractivity contribution in [2.24, 2.45) is 5.92 Å². The Labute approximate surface area is 181 Å². The van der Waals surface area contributed by atoms with Crippen molar-refractivity contribution in [1.29, 1.82) is 0 Å². The molecular weight excluding hydrogens is 418 g/mol. The Morgan fingerprint density at radius 3 is 2.65 bits per heavy atom. The molecule has 10 heteroatoms. The van der Waals surface area contributed by atoms with Crippen LogP contribution in [0.1, 0.15) is 53.8 Å². The molecule has 0 aromatic carbocycles. The summed E-state index contributed by atoms with van der Waals surface area (Å²) < 4.78 is 5.98. The molecule has 1 aliphatic carbocycles. The van der Waals surface area contributed by atoms with E-state index in [1.807, 2.05) is 11.8 Å². The number of aromatic nitrogens is 4. The molecular formula is C21H21N5O4S. The summed E-state index contributed by atoms with van der Waals surface area (Å²) >= 11 is 1.17. The van der Waals surface area contributed by atoms with Crippen LogP contribution in [0.2, 0.25) is 0 Å². The molecule has 1 N–H and O–H groups in total. The van der Waals surface area contributed by atoms with E-state index in [1.165, 1.54) is 17.7 Å². The van der Waals surface area contributed by atoms with Gasteiger partial charge in [-0.3, -0.25) is 14.2 Å². The molecule has 3 aromatic rings. The van der Waals surface area contributed by atoms with Gasteiger partial charge in [-0.1, -0.05) is 6.92 Å². The number of rotatable bonds is 6. The Kier molecular flexibility index (Phi) is 4.62. The zero-order valence-electron chi connectivity index (χ0n) is 17.2. The molecule has 2 aliphatic rings. The highest BCUT2D eigenvalue weighted by molar-refractivity contribution is 7.08. The first-order chi connectivity index (χ1) is 14.9. The number of carboxylic acids is 1. The summed E-state index contributed by atoms with van der Waals surface area (Å²) in [5, 5.41) is 10.3. The van der Waals surface area contributed by atoms with Gasteiger partial charge in [0.2, 0.25) is 10.6 Å². The Morgan fingerprint density at radius 1 is 1.26 bits per heavy atom. The van der Waals surface area contributed by atoms with Crippen molar-refractivity contribution in [3.8, 4) is 5.13 Å². The minimum Gasteiger partial charge on any atom is -0.477 e. The minimum atomic E-state index is -1.29. The van der Waals surface area contributed by atoms with Gasteiger partial charge in [0.25, 0.3) is 0 Å². The van der Waals surface area contributed by atoms with E-state index in [0.29, 0.717) is 47.6 Å². The average Bonchev–Trinajstić information content (AvgIpc) is 3.43. The largest absolute Gasteiger partial charge is 0.477 e. The molecule has 3 aromatic heterocycles. The fourth-order valence-electron chi connectivity index (χ4n) is 3.93. The van der Waals surface area contributed by atoms with E-state index in [-0.39, 0.29) is 22.7 Å². The summed E-state index contributed by atoms with van der Waals surface area (Å²) in [6, 6.07) is 1.78. The third-order valence-corrected chi connectivity index (χ3v) is 6.69. The van der Waals surface area contributed by atoms with Crippen molar-refractivity contribution in [3.63, 3.8) is 0 Å². The van der Waals surface area contributed by atoms with Crippen molar-refractivity contribution in [1.82, 2.24) is 18.9 Å². The zero-order valence-corrected chi connectivity index (χ0v) is 18.0. The lowest BCUT2D eigenvalue weighted by molar-refractivity contribution is -0.123. The van der Waals surface area contributed by atoms with Crippen molar-refractivity contribution in [2.45, 2.75) is 39.0 Å². The topological polar surface area (TPSA) is 118 Å². The van der Waals surface area contributed by atoms with E-state index in [1.54, 1.807) is 17.6 Å². The SMILES string of the molecule is CCC(=O)C1CN(c2cc(C)c3c(=O)c(C(=O)O)cn(-c4nc(C5CC5)ns4)c3n2)C1. The number of pyridine rings is 2.